The fourth-order valence-electron chi connectivity index (χ4n) is 2.20. The summed E-state index contributed by atoms with van der Waals surface area (Å²) in [6.07, 6.45) is 0.890. The summed E-state index contributed by atoms with van der Waals surface area (Å²) >= 11 is 1.15. The number of carboxylic acid groups (broad SMARTS) is 1. The first kappa shape index (κ1) is 18.2. The van der Waals surface area contributed by atoms with Crippen molar-refractivity contribution in [3.05, 3.63) is 28.8 Å². The van der Waals surface area contributed by atoms with Crippen LogP contribution in [-0.4, -0.2) is 55.3 Å². The van der Waals surface area contributed by atoms with E-state index in [1.165, 1.54) is 0 Å². The normalized spacial score (nSPS) is 10.9. The van der Waals surface area contributed by atoms with Crippen molar-refractivity contribution in [1.82, 2.24) is 9.88 Å². The molecule has 0 radical (unpaired) electrons. The van der Waals surface area contributed by atoms with Gasteiger partial charge in [-0.3, -0.25) is 0 Å². The Morgan fingerprint density at radius 1 is 1.38 bits per heavy atom. The lowest BCUT2D eigenvalue weighted by molar-refractivity contribution is 0.0701. The monoisotopic (exact) mass is 350 g/mol. The second kappa shape index (κ2) is 8.12. The van der Waals surface area contributed by atoms with Crippen LogP contribution in [0.25, 0.3) is 10.6 Å². The Balaban J connectivity index is 2.28. The van der Waals surface area contributed by atoms with Crippen LogP contribution in [0.2, 0.25) is 0 Å². The summed E-state index contributed by atoms with van der Waals surface area (Å²) in [5.74, 6) is 0.380. The van der Waals surface area contributed by atoms with E-state index in [-0.39, 0.29) is 4.88 Å². The number of carboxylic acids is 1. The van der Waals surface area contributed by atoms with Crippen LogP contribution >= 0.6 is 11.3 Å². The molecule has 0 aliphatic rings. The highest BCUT2D eigenvalue weighted by atomic mass is 32.1. The van der Waals surface area contributed by atoms with Crippen molar-refractivity contribution in [2.75, 3.05) is 34.4 Å². The van der Waals surface area contributed by atoms with Crippen LogP contribution in [0, 0.1) is 6.92 Å². The van der Waals surface area contributed by atoms with Crippen LogP contribution in [0.15, 0.2) is 18.2 Å². The number of hydrogen-bond donors (Lipinski definition) is 1. The van der Waals surface area contributed by atoms with E-state index in [1.807, 2.05) is 32.3 Å². The first-order chi connectivity index (χ1) is 11.4. The van der Waals surface area contributed by atoms with Crippen LogP contribution < -0.4 is 9.47 Å². The molecule has 0 atom stereocenters. The molecule has 1 N–H and O–H groups in total. The number of aromatic nitrogens is 1. The van der Waals surface area contributed by atoms with E-state index in [0.29, 0.717) is 28.8 Å². The Hall–Kier alpha value is -2.12. The van der Waals surface area contributed by atoms with Crippen LogP contribution in [0.3, 0.4) is 0 Å². The number of methoxy groups -OCH3 is 1. The van der Waals surface area contributed by atoms with Gasteiger partial charge in [-0.15, -0.1) is 11.3 Å². The lowest BCUT2D eigenvalue weighted by Gasteiger charge is -2.13. The van der Waals surface area contributed by atoms with E-state index < -0.39 is 5.97 Å². The first-order valence-corrected chi connectivity index (χ1v) is 8.40. The minimum absolute atomic E-state index is 0.249. The second-order valence-electron chi connectivity index (χ2n) is 5.61. The third kappa shape index (κ3) is 4.46. The second-order valence-corrected chi connectivity index (χ2v) is 6.61. The van der Waals surface area contributed by atoms with E-state index in [0.717, 1.165) is 29.9 Å². The molecule has 2 aromatic rings. The quantitative estimate of drug-likeness (QED) is 0.738. The van der Waals surface area contributed by atoms with Crippen molar-refractivity contribution in [2.24, 2.45) is 0 Å². The van der Waals surface area contributed by atoms with Gasteiger partial charge in [0.05, 0.1) is 25.0 Å². The molecular weight excluding hydrogens is 328 g/mol. The van der Waals surface area contributed by atoms with Gasteiger partial charge in [0, 0.05) is 12.6 Å². The molecule has 0 saturated heterocycles. The van der Waals surface area contributed by atoms with Crippen molar-refractivity contribution >= 4 is 17.3 Å². The first-order valence-electron chi connectivity index (χ1n) is 7.59. The molecular formula is C17H22N2O4S. The Morgan fingerprint density at radius 2 is 2.12 bits per heavy atom. The summed E-state index contributed by atoms with van der Waals surface area (Å²) in [5.41, 5.74) is 1.29. The summed E-state index contributed by atoms with van der Waals surface area (Å²) in [5, 5.41) is 9.85. The van der Waals surface area contributed by atoms with E-state index in [2.05, 4.69) is 9.88 Å². The van der Waals surface area contributed by atoms with Gasteiger partial charge < -0.3 is 19.5 Å². The van der Waals surface area contributed by atoms with Crippen molar-refractivity contribution in [1.29, 1.82) is 0 Å². The molecule has 0 aliphatic heterocycles. The minimum Gasteiger partial charge on any atom is -0.497 e. The van der Waals surface area contributed by atoms with Crippen LogP contribution in [0.1, 0.15) is 21.8 Å². The Labute approximate surface area is 145 Å². The van der Waals surface area contributed by atoms with Crippen LogP contribution in [-0.2, 0) is 0 Å². The molecule has 6 nitrogen and oxygen atoms in total. The number of thiazole rings is 1. The predicted octanol–water partition coefficient (Wildman–Crippen LogP) is 3.16. The van der Waals surface area contributed by atoms with Crippen molar-refractivity contribution in [2.45, 2.75) is 13.3 Å². The highest BCUT2D eigenvalue weighted by molar-refractivity contribution is 7.17. The van der Waals surface area contributed by atoms with E-state index >= 15 is 0 Å². The fourth-order valence-corrected chi connectivity index (χ4v) is 3.13. The highest BCUT2D eigenvalue weighted by Gasteiger charge is 2.18. The fraction of sp³-hybridized carbons (Fsp3) is 0.412. The zero-order valence-electron chi connectivity index (χ0n) is 14.3. The molecule has 1 aromatic carbocycles. The Morgan fingerprint density at radius 3 is 2.71 bits per heavy atom. The van der Waals surface area contributed by atoms with Crippen LogP contribution in [0.5, 0.6) is 11.5 Å². The Bertz CT molecular complexity index is 713. The maximum absolute atomic E-state index is 11.2. The van der Waals surface area contributed by atoms with Gasteiger partial charge in [-0.25, -0.2) is 9.78 Å². The minimum atomic E-state index is -0.960. The van der Waals surface area contributed by atoms with Gasteiger partial charge in [0.2, 0.25) is 0 Å². The maximum atomic E-state index is 11.2. The summed E-state index contributed by atoms with van der Waals surface area (Å²) in [7, 11) is 5.63. The number of hydrogen-bond acceptors (Lipinski definition) is 6. The molecule has 0 bridgehead atoms. The smallest absolute Gasteiger partial charge is 0.347 e. The molecule has 0 saturated carbocycles. The molecule has 0 aliphatic carbocycles. The van der Waals surface area contributed by atoms with Crippen molar-refractivity contribution < 1.29 is 19.4 Å². The summed E-state index contributed by atoms with van der Waals surface area (Å²) in [6, 6.07) is 5.48. The summed E-state index contributed by atoms with van der Waals surface area (Å²) in [4.78, 5) is 18.0. The average Bonchev–Trinajstić information content (AvgIpc) is 2.93. The zero-order valence-corrected chi connectivity index (χ0v) is 15.1. The van der Waals surface area contributed by atoms with Gasteiger partial charge in [-0.1, -0.05) is 0 Å². The number of carbonyl (C=O) groups is 1. The van der Waals surface area contributed by atoms with Gasteiger partial charge in [0.1, 0.15) is 21.4 Å². The molecule has 1 heterocycles. The highest BCUT2D eigenvalue weighted by Crippen LogP contribution is 2.37. The SMILES string of the molecule is COc1ccc(-c2nc(C)c(C(=O)O)s2)c(OCCCN(C)C)c1. The predicted molar refractivity (Wildman–Crippen MR) is 94.5 cm³/mol. The lowest BCUT2D eigenvalue weighted by Crippen LogP contribution is -2.15. The molecule has 1 aromatic heterocycles. The van der Waals surface area contributed by atoms with Gasteiger partial charge >= 0.3 is 5.97 Å². The topological polar surface area (TPSA) is 71.9 Å². The molecule has 0 unspecified atom stereocenters. The number of benzene rings is 1. The van der Waals surface area contributed by atoms with Gasteiger partial charge in [-0.05, 0) is 39.6 Å². The zero-order chi connectivity index (χ0) is 17.7. The lowest BCUT2D eigenvalue weighted by atomic mass is 10.2. The van der Waals surface area contributed by atoms with E-state index in [4.69, 9.17) is 9.47 Å². The summed E-state index contributed by atoms with van der Waals surface area (Å²) < 4.78 is 11.2. The molecule has 130 valence electrons. The number of ether oxygens (including phenoxy) is 2. The van der Waals surface area contributed by atoms with E-state index in [1.54, 1.807) is 14.0 Å². The largest absolute Gasteiger partial charge is 0.497 e. The molecule has 24 heavy (non-hydrogen) atoms. The third-order valence-electron chi connectivity index (χ3n) is 3.42. The number of nitrogens with zero attached hydrogens (tertiary/aromatic N) is 2. The number of rotatable bonds is 8. The average molecular weight is 350 g/mol. The molecule has 2 rings (SSSR count). The maximum Gasteiger partial charge on any atom is 0.347 e. The summed E-state index contributed by atoms with van der Waals surface area (Å²) in [6.45, 7) is 3.19. The van der Waals surface area contributed by atoms with Crippen molar-refractivity contribution in [3.8, 4) is 22.1 Å². The Kier molecular flexibility index (Phi) is 6.16. The van der Waals surface area contributed by atoms with Gasteiger partial charge in [0.25, 0.3) is 0 Å². The molecule has 0 spiro atoms. The molecule has 0 fully saturated rings. The standard InChI is InChI=1S/C17H22N2O4S/c1-11-15(17(20)21)24-16(18-11)13-7-6-12(22-4)10-14(13)23-9-5-8-19(2)3/h6-7,10H,5,8-9H2,1-4H3,(H,20,21). The van der Waals surface area contributed by atoms with Crippen molar-refractivity contribution in [3.63, 3.8) is 0 Å². The molecule has 0 amide bonds. The van der Waals surface area contributed by atoms with Gasteiger partial charge in [-0.2, -0.15) is 0 Å². The van der Waals surface area contributed by atoms with Gasteiger partial charge in [0.15, 0.2) is 0 Å². The molecule has 7 heteroatoms. The third-order valence-corrected chi connectivity index (χ3v) is 4.60. The van der Waals surface area contributed by atoms with Crippen LogP contribution in [0.4, 0.5) is 0 Å². The number of aryl methyl sites for hydroxylation is 1. The number of aromatic carboxylic acids is 1. The van der Waals surface area contributed by atoms with E-state index in [9.17, 15) is 9.90 Å².